The van der Waals surface area contributed by atoms with Crippen LogP contribution in [0.2, 0.25) is 0 Å². The minimum Gasteiger partial charge on any atom is -0.309 e. The molecule has 0 atom stereocenters. The van der Waals surface area contributed by atoms with Crippen LogP contribution in [0.5, 0.6) is 0 Å². The third-order valence-electron chi connectivity index (χ3n) is 14.6. The van der Waals surface area contributed by atoms with Gasteiger partial charge in [0.2, 0.25) is 0 Å². The average Bonchev–Trinajstić information content (AvgIpc) is 3.90. The Hall–Kier alpha value is -8.72. The lowest BCUT2D eigenvalue weighted by atomic mass is 9.87. The summed E-state index contributed by atoms with van der Waals surface area (Å²) < 4.78 is 5.04. The monoisotopic (exact) mass is 834 g/mol. The van der Waals surface area contributed by atoms with Crippen molar-refractivity contribution in [3.05, 3.63) is 231 Å². The van der Waals surface area contributed by atoms with Crippen LogP contribution in [0.4, 0.5) is 0 Å². The highest BCUT2D eigenvalue weighted by molar-refractivity contribution is 6.41. The fourth-order valence-corrected chi connectivity index (χ4v) is 11.7. The molecule has 0 aliphatic rings. The zero-order chi connectivity index (χ0) is 43.0. The van der Waals surface area contributed by atoms with Crippen LogP contribution in [0.15, 0.2) is 231 Å². The molecule has 0 radical (unpaired) electrons. The largest absolute Gasteiger partial charge is 0.309 e. The Morgan fingerprint density at radius 3 is 1.06 bits per heavy atom. The standard InChI is InChI=1S/C64H38N2/c1-3-13-39(14-4-1)45-27-31-51-57(35-45)65(47-29-25-41-17-7-9-19-43(41)33-47)59-37-55-49-22-12-24-54-62(49)56(50-21-11-23-53(61(50)55)63(51)59)38-60-64(54)52-32-28-46(40-15-5-2-6-16-40)36-58(52)66(60)48-30-26-42-18-8-10-20-44(42)34-48/h1-38H. The molecule has 13 aromatic carbocycles. The lowest BCUT2D eigenvalue weighted by Gasteiger charge is -2.17. The maximum Gasteiger partial charge on any atom is 0.0553 e. The number of benzene rings is 13. The summed E-state index contributed by atoms with van der Waals surface area (Å²) in [7, 11) is 0. The molecule has 2 aromatic heterocycles. The summed E-state index contributed by atoms with van der Waals surface area (Å²) in [6, 6.07) is 85.9. The van der Waals surface area contributed by atoms with E-state index < -0.39 is 0 Å². The first-order valence-corrected chi connectivity index (χ1v) is 22.9. The van der Waals surface area contributed by atoms with E-state index in [9.17, 15) is 0 Å². The van der Waals surface area contributed by atoms with E-state index in [-0.39, 0.29) is 0 Å². The Morgan fingerprint density at radius 2 is 0.606 bits per heavy atom. The Morgan fingerprint density at radius 1 is 0.197 bits per heavy atom. The Balaban J connectivity index is 1.10. The minimum atomic E-state index is 1.16. The van der Waals surface area contributed by atoms with Crippen molar-refractivity contribution in [1.82, 2.24) is 9.13 Å². The fraction of sp³-hybridized carbons (Fsp3) is 0. The maximum absolute atomic E-state index is 2.52. The van der Waals surface area contributed by atoms with Gasteiger partial charge in [-0.25, -0.2) is 0 Å². The zero-order valence-electron chi connectivity index (χ0n) is 35.8. The molecule has 0 amide bonds. The lowest BCUT2D eigenvalue weighted by Crippen LogP contribution is -1.96. The molecule has 0 aliphatic heterocycles. The first-order valence-electron chi connectivity index (χ1n) is 22.9. The quantitative estimate of drug-likeness (QED) is 0.123. The number of hydrogen-bond acceptors (Lipinski definition) is 0. The third kappa shape index (κ3) is 4.96. The molecule has 304 valence electrons. The molecule has 2 heterocycles. The van der Waals surface area contributed by atoms with Crippen LogP contribution in [-0.4, -0.2) is 9.13 Å². The van der Waals surface area contributed by atoms with Gasteiger partial charge in [-0.15, -0.1) is 0 Å². The van der Waals surface area contributed by atoms with Gasteiger partial charge in [-0.05, 0) is 135 Å². The first kappa shape index (κ1) is 35.7. The number of hydrogen-bond donors (Lipinski definition) is 0. The van der Waals surface area contributed by atoms with E-state index in [1.165, 1.54) is 131 Å². The van der Waals surface area contributed by atoms with E-state index in [1.54, 1.807) is 0 Å². The van der Waals surface area contributed by atoms with Crippen LogP contribution < -0.4 is 0 Å². The molecule has 0 aliphatic carbocycles. The highest BCUT2D eigenvalue weighted by atomic mass is 15.0. The Bertz CT molecular complexity index is 4200. The van der Waals surface area contributed by atoms with Gasteiger partial charge in [-0.3, -0.25) is 0 Å². The van der Waals surface area contributed by atoms with Crippen LogP contribution >= 0.6 is 0 Å². The fourth-order valence-electron chi connectivity index (χ4n) is 11.7. The van der Waals surface area contributed by atoms with Crippen LogP contribution in [0.1, 0.15) is 0 Å². The van der Waals surface area contributed by atoms with Gasteiger partial charge in [0.05, 0.1) is 22.1 Å². The smallest absolute Gasteiger partial charge is 0.0553 e. The van der Waals surface area contributed by atoms with E-state index in [0.29, 0.717) is 0 Å². The number of aromatic nitrogens is 2. The van der Waals surface area contributed by atoms with Gasteiger partial charge in [0.25, 0.3) is 0 Å². The van der Waals surface area contributed by atoms with Crippen molar-refractivity contribution in [3.8, 4) is 33.6 Å². The summed E-state index contributed by atoms with van der Waals surface area (Å²) >= 11 is 0. The van der Waals surface area contributed by atoms with E-state index in [1.807, 2.05) is 0 Å². The summed E-state index contributed by atoms with van der Waals surface area (Å²) in [5, 5.41) is 20.3. The molecular formula is C64H38N2. The summed E-state index contributed by atoms with van der Waals surface area (Å²) in [5.41, 5.74) is 12.0. The van der Waals surface area contributed by atoms with E-state index in [0.717, 1.165) is 11.4 Å². The van der Waals surface area contributed by atoms with Crippen molar-refractivity contribution in [2.75, 3.05) is 0 Å². The van der Waals surface area contributed by atoms with Gasteiger partial charge in [0.1, 0.15) is 0 Å². The highest BCUT2D eigenvalue weighted by Crippen LogP contribution is 2.49. The van der Waals surface area contributed by atoms with Crippen molar-refractivity contribution in [2.24, 2.45) is 0 Å². The predicted molar refractivity (Wildman–Crippen MR) is 282 cm³/mol. The second kappa shape index (κ2) is 13.4. The molecule has 0 saturated heterocycles. The molecular weight excluding hydrogens is 797 g/mol. The normalized spacial score (nSPS) is 12.2. The topological polar surface area (TPSA) is 9.86 Å². The summed E-state index contributed by atoms with van der Waals surface area (Å²) in [6.45, 7) is 0. The first-order chi connectivity index (χ1) is 32.7. The molecule has 0 fully saturated rings. The summed E-state index contributed by atoms with van der Waals surface area (Å²) in [4.78, 5) is 0. The lowest BCUT2D eigenvalue weighted by molar-refractivity contribution is 1.19. The number of rotatable bonds is 4. The SMILES string of the molecule is c1ccc(-c2ccc3c4c5cccc6c7cc8c(c9cccc(c(cc4n(-c4ccc%10ccccc%10c4)c3c2)c65)c79)c2ccc(-c3ccccc3)cc2n8-c2ccc3ccccc3c2)cc1. The molecule has 15 aromatic rings. The van der Waals surface area contributed by atoms with Crippen molar-refractivity contribution < 1.29 is 0 Å². The van der Waals surface area contributed by atoms with Crippen LogP contribution in [0.3, 0.4) is 0 Å². The zero-order valence-corrected chi connectivity index (χ0v) is 35.8. The van der Waals surface area contributed by atoms with Gasteiger partial charge in [-0.1, -0.05) is 182 Å². The van der Waals surface area contributed by atoms with Gasteiger partial charge >= 0.3 is 0 Å². The van der Waals surface area contributed by atoms with Crippen molar-refractivity contribution in [3.63, 3.8) is 0 Å². The number of nitrogens with zero attached hydrogens (tertiary/aromatic N) is 2. The molecule has 2 nitrogen and oxygen atoms in total. The molecule has 66 heavy (non-hydrogen) atoms. The van der Waals surface area contributed by atoms with E-state index in [4.69, 9.17) is 0 Å². The Kier molecular flexibility index (Phi) is 7.25. The van der Waals surface area contributed by atoms with Crippen LogP contribution in [0, 0.1) is 0 Å². The Labute approximate surface area is 379 Å². The maximum atomic E-state index is 2.52. The van der Waals surface area contributed by atoms with E-state index in [2.05, 4.69) is 240 Å². The molecule has 0 saturated carbocycles. The summed E-state index contributed by atoms with van der Waals surface area (Å²) in [5.74, 6) is 0. The van der Waals surface area contributed by atoms with E-state index >= 15 is 0 Å². The number of fused-ring (bicyclic) bond motifs is 12. The van der Waals surface area contributed by atoms with Crippen LogP contribution in [0.25, 0.3) is 142 Å². The van der Waals surface area contributed by atoms with Crippen LogP contribution in [-0.2, 0) is 0 Å². The molecule has 0 unspecified atom stereocenters. The van der Waals surface area contributed by atoms with Gasteiger partial charge in [-0.2, -0.15) is 0 Å². The van der Waals surface area contributed by atoms with Crippen molar-refractivity contribution in [2.45, 2.75) is 0 Å². The highest BCUT2D eigenvalue weighted by Gasteiger charge is 2.24. The minimum absolute atomic E-state index is 1.16. The van der Waals surface area contributed by atoms with Gasteiger partial charge in [0.15, 0.2) is 0 Å². The van der Waals surface area contributed by atoms with Crippen molar-refractivity contribution in [1.29, 1.82) is 0 Å². The molecule has 2 heteroatoms. The second-order valence-electron chi connectivity index (χ2n) is 18.0. The molecule has 0 N–H and O–H groups in total. The average molecular weight is 835 g/mol. The predicted octanol–water partition coefficient (Wildman–Crippen LogP) is 17.6. The second-order valence-corrected chi connectivity index (χ2v) is 18.0. The molecule has 0 spiro atoms. The van der Waals surface area contributed by atoms with Gasteiger partial charge in [0, 0.05) is 32.9 Å². The van der Waals surface area contributed by atoms with Crippen molar-refractivity contribution >= 4 is 108 Å². The molecule has 15 rings (SSSR count). The van der Waals surface area contributed by atoms with Gasteiger partial charge < -0.3 is 9.13 Å². The third-order valence-corrected chi connectivity index (χ3v) is 14.6. The summed E-state index contributed by atoms with van der Waals surface area (Å²) in [6.07, 6.45) is 0. The molecule has 0 bridgehead atoms.